The zero-order valence-electron chi connectivity index (χ0n) is 19.8. The fraction of sp³-hybridized carbons (Fsp3) is 0.556. The summed E-state index contributed by atoms with van der Waals surface area (Å²) in [4.78, 5) is 19.3. The number of fused-ring (bicyclic) bond motifs is 1. The first-order valence-electron chi connectivity index (χ1n) is 12.2. The van der Waals surface area contributed by atoms with E-state index in [0.29, 0.717) is 11.6 Å². The Bertz CT molecular complexity index is 906. The van der Waals surface area contributed by atoms with Crippen molar-refractivity contribution in [3.05, 3.63) is 58.9 Å². The van der Waals surface area contributed by atoms with Gasteiger partial charge in [-0.1, -0.05) is 32.0 Å². The van der Waals surface area contributed by atoms with E-state index < -0.39 is 0 Å². The molecule has 5 nitrogen and oxygen atoms in total. The van der Waals surface area contributed by atoms with Crippen molar-refractivity contribution in [2.24, 2.45) is 11.8 Å². The first-order valence-corrected chi connectivity index (χ1v) is 12.2. The molecular weight excluding hydrogens is 398 g/mol. The average Bonchev–Trinajstić information content (AvgIpc) is 3.64. The van der Waals surface area contributed by atoms with Crippen LogP contribution in [0.5, 0.6) is 5.75 Å². The van der Waals surface area contributed by atoms with E-state index in [0.717, 1.165) is 50.6 Å². The van der Waals surface area contributed by atoms with E-state index in [9.17, 15) is 4.79 Å². The molecule has 1 fully saturated rings. The third kappa shape index (κ3) is 6.10. The van der Waals surface area contributed by atoms with Crippen LogP contribution in [0.3, 0.4) is 0 Å². The van der Waals surface area contributed by atoms with Gasteiger partial charge < -0.3 is 15.0 Å². The lowest BCUT2D eigenvalue weighted by molar-refractivity contribution is 0.0713. The van der Waals surface area contributed by atoms with Crippen LogP contribution in [0.2, 0.25) is 0 Å². The quantitative estimate of drug-likeness (QED) is 0.553. The number of nitrogens with zero attached hydrogens (tertiary/aromatic N) is 2. The molecule has 1 amide bonds. The van der Waals surface area contributed by atoms with Gasteiger partial charge in [0.05, 0.1) is 12.8 Å². The summed E-state index contributed by atoms with van der Waals surface area (Å²) in [5.74, 6) is 2.17. The maximum atomic E-state index is 13.0. The molecule has 0 spiro atoms. The van der Waals surface area contributed by atoms with Crippen LogP contribution in [0.1, 0.15) is 66.7 Å². The summed E-state index contributed by atoms with van der Waals surface area (Å²) in [6.07, 6.45) is 8.31. The summed E-state index contributed by atoms with van der Waals surface area (Å²) in [6.45, 7) is 7.26. The van der Waals surface area contributed by atoms with Gasteiger partial charge in [0.15, 0.2) is 0 Å². The summed E-state index contributed by atoms with van der Waals surface area (Å²) >= 11 is 0. The van der Waals surface area contributed by atoms with Crippen molar-refractivity contribution in [3.8, 4) is 5.75 Å². The molecule has 4 rings (SSSR count). The van der Waals surface area contributed by atoms with Crippen molar-refractivity contribution in [1.82, 2.24) is 15.2 Å². The number of hydrogen-bond donors (Lipinski definition) is 1. The number of hydrogen-bond acceptors (Lipinski definition) is 4. The monoisotopic (exact) mass is 435 g/mol. The van der Waals surface area contributed by atoms with Crippen LogP contribution in [0.25, 0.3) is 0 Å². The smallest absolute Gasteiger partial charge is 0.272 e. The highest BCUT2D eigenvalue weighted by Gasteiger charge is 2.27. The maximum Gasteiger partial charge on any atom is 0.272 e. The van der Waals surface area contributed by atoms with Crippen molar-refractivity contribution in [2.45, 2.75) is 65.0 Å². The molecule has 0 saturated heterocycles. The van der Waals surface area contributed by atoms with Gasteiger partial charge in [0, 0.05) is 19.6 Å². The normalized spacial score (nSPS) is 17.8. The molecule has 172 valence electrons. The molecule has 0 aliphatic heterocycles. The van der Waals surface area contributed by atoms with Crippen molar-refractivity contribution in [3.63, 3.8) is 0 Å². The Labute approximate surface area is 192 Å². The first kappa shape index (κ1) is 22.8. The number of ether oxygens (including phenoxy) is 1. The molecule has 2 aliphatic rings. The lowest BCUT2D eigenvalue weighted by Gasteiger charge is -2.32. The van der Waals surface area contributed by atoms with Crippen LogP contribution in [0.15, 0.2) is 36.5 Å². The SMILES string of the molecule is CC(C)CCNCc1ccc2c(c1)CCC(N(C)C(=O)c1ccc(OCC3CC3)cn1)C2. The molecule has 1 N–H and O–H groups in total. The van der Waals surface area contributed by atoms with Crippen LogP contribution in [-0.4, -0.2) is 42.0 Å². The highest BCUT2D eigenvalue weighted by molar-refractivity contribution is 5.92. The van der Waals surface area contributed by atoms with Crippen molar-refractivity contribution in [2.75, 3.05) is 20.2 Å². The third-order valence-corrected chi connectivity index (χ3v) is 6.71. The minimum atomic E-state index is -0.0156. The standard InChI is InChI=1S/C27H37N3O2/c1-19(2)12-13-28-16-21-6-7-23-15-24(9-8-22(23)14-21)30(3)27(31)26-11-10-25(17-29-26)32-18-20-4-5-20/h6-7,10-11,14,17,19-20,24,28H,4-5,8-9,12-13,15-16,18H2,1-3H3. The largest absolute Gasteiger partial charge is 0.492 e. The number of rotatable bonds is 10. The number of aromatic nitrogens is 1. The average molecular weight is 436 g/mol. The Balaban J connectivity index is 1.30. The van der Waals surface area contributed by atoms with Gasteiger partial charge in [-0.3, -0.25) is 4.79 Å². The van der Waals surface area contributed by atoms with Crippen LogP contribution < -0.4 is 10.1 Å². The minimum absolute atomic E-state index is 0.0156. The van der Waals surface area contributed by atoms with Gasteiger partial charge in [-0.25, -0.2) is 4.98 Å². The molecule has 1 atom stereocenters. The number of carbonyl (C=O) groups excluding carboxylic acids is 1. The van der Waals surface area contributed by atoms with E-state index in [-0.39, 0.29) is 11.9 Å². The van der Waals surface area contributed by atoms with Crippen LogP contribution in [0, 0.1) is 11.8 Å². The fourth-order valence-corrected chi connectivity index (χ4v) is 4.29. The second kappa shape index (κ2) is 10.5. The Morgan fingerprint density at radius 1 is 1.19 bits per heavy atom. The summed E-state index contributed by atoms with van der Waals surface area (Å²) in [5, 5.41) is 3.55. The zero-order chi connectivity index (χ0) is 22.5. The van der Waals surface area contributed by atoms with Crippen LogP contribution in [0.4, 0.5) is 0 Å². The lowest BCUT2D eigenvalue weighted by atomic mass is 9.86. The van der Waals surface area contributed by atoms with E-state index in [1.165, 1.54) is 36.0 Å². The van der Waals surface area contributed by atoms with Gasteiger partial charge in [-0.05, 0) is 85.7 Å². The number of benzene rings is 1. The van der Waals surface area contributed by atoms with E-state index in [1.54, 1.807) is 12.3 Å². The Kier molecular flexibility index (Phi) is 7.46. The first-order chi connectivity index (χ1) is 15.5. The number of likely N-dealkylation sites (N-methyl/N-ethyl adjacent to an activating group) is 1. The summed E-state index contributed by atoms with van der Waals surface area (Å²) in [7, 11) is 1.91. The van der Waals surface area contributed by atoms with Gasteiger partial charge >= 0.3 is 0 Å². The summed E-state index contributed by atoms with van der Waals surface area (Å²) in [6, 6.07) is 10.7. The molecule has 2 aliphatic carbocycles. The molecule has 0 radical (unpaired) electrons. The Morgan fingerprint density at radius 2 is 2.03 bits per heavy atom. The zero-order valence-corrected chi connectivity index (χ0v) is 19.8. The number of nitrogens with one attached hydrogen (secondary N) is 1. The van der Waals surface area contributed by atoms with Crippen LogP contribution in [-0.2, 0) is 19.4 Å². The highest BCUT2D eigenvalue weighted by Crippen LogP contribution is 2.29. The number of amides is 1. The lowest BCUT2D eigenvalue weighted by Crippen LogP contribution is -2.41. The van der Waals surface area contributed by atoms with Gasteiger partial charge in [0.1, 0.15) is 11.4 Å². The molecular formula is C27H37N3O2. The molecule has 1 heterocycles. The Hall–Kier alpha value is -2.40. The summed E-state index contributed by atoms with van der Waals surface area (Å²) < 4.78 is 5.74. The maximum absolute atomic E-state index is 13.0. The molecule has 1 unspecified atom stereocenters. The van der Waals surface area contributed by atoms with Crippen molar-refractivity contribution < 1.29 is 9.53 Å². The second-order valence-corrected chi connectivity index (χ2v) is 9.91. The van der Waals surface area contributed by atoms with Gasteiger partial charge in [-0.2, -0.15) is 0 Å². The predicted molar refractivity (Wildman–Crippen MR) is 128 cm³/mol. The molecule has 5 heteroatoms. The van der Waals surface area contributed by atoms with Gasteiger partial charge in [0.25, 0.3) is 5.91 Å². The molecule has 1 aromatic heterocycles. The van der Waals surface area contributed by atoms with E-state index >= 15 is 0 Å². The molecule has 1 saturated carbocycles. The number of pyridine rings is 1. The Morgan fingerprint density at radius 3 is 2.75 bits per heavy atom. The van der Waals surface area contributed by atoms with Gasteiger partial charge in [-0.15, -0.1) is 0 Å². The molecule has 32 heavy (non-hydrogen) atoms. The number of aryl methyl sites for hydroxylation is 1. The van der Waals surface area contributed by atoms with Crippen molar-refractivity contribution >= 4 is 5.91 Å². The molecule has 2 aromatic rings. The van der Waals surface area contributed by atoms with E-state index in [2.05, 4.69) is 42.3 Å². The van der Waals surface area contributed by atoms with Crippen LogP contribution >= 0.6 is 0 Å². The second-order valence-electron chi connectivity index (χ2n) is 9.91. The molecule has 0 bridgehead atoms. The highest BCUT2D eigenvalue weighted by atomic mass is 16.5. The van der Waals surface area contributed by atoms with Gasteiger partial charge in [0.2, 0.25) is 0 Å². The van der Waals surface area contributed by atoms with E-state index in [4.69, 9.17) is 4.74 Å². The summed E-state index contributed by atoms with van der Waals surface area (Å²) in [5.41, 5.74) is 4.63. The third-order valence-electron chi connectivity index (χ3n) is 6.71. The predicted octanol–water partition coefficient (Wildman–Crippen LogP) is 4.64. The fourth-order valence-electron chi connectivity index (χ4n) is 4.29. The molecule has 1 aromatic carbocycles. The van der Waals surface area contributed by atoms with E-state index in [1.807, 2.05) is 18.0 Å². The van der Waals surface area contributed by atoms with Crippen molar-refractivity contribution in [1.29, 1.82) is 0 Å². The minimum Gasteiger partial charge on any atom is -0.492 e. The topological polar surface area (TPSA) is 54.5 Å². The number of carbonyl (C=O) groups is 1.